The third-order valence-electron chi connectivity index (χ3n) is 8.56. The third kappa shape index (κ3) is 4.72. The number of epoxide rings is 1. The first-order valence-electron chi connectivity index (χ1n) is 13.1. The van der Waals surface area contributed by atoms with Crippen LogP contribution >= 0.6 is 0 Å². The Morgan fingerprint density at radius 3 is 2.35 bits per heavy atom. The average molecular weight is 515 g/mol. The highest BCUT2D eigenvalue weighted by molar-refractivity contribution is 5.85. The summed E-state index contributed by atoms with van der Waals surface area (Å²) in [6, 6.07) is 7.22. The topological polar surface area (TPSA) is 107 Å². The van der Waals surface area contributed by atoms with Crippen molar-refractivity contribution < 1.29 is 33.3 Å². The second kappa shape index (κ2) is 8.98. The van der Waals surface area contributed by atoms with Gasteiger partial charge in [0.15, 0.2) is 0 Å². The van der Waals surface area contributed by atoms with Crippen molar-refractivity contribution in [3.05, 3.63) is 29.8 Å². The number of esters is 2. The van der Waals surface area contributed by atoms with E-state index in [4.69, 9.17) is 18.9 Å². The molecule has 202 valence electrons. The van der Waals surface area contributed by atoms with Crippen LogP contribution in [-0.4, -0.2) is 73.1 Å². The molecule has 4 fully saturated rings. The molecule has 1 aromatic rings. The number of benzene rings is 1. The lowest BCUT2D eigenvalue weighted by Crippen LogP contribution is -2.52. The van der Waals surface area contributed by atoms with Crippen molar-refractivity contribution in [3.8, 4) is 0 Å². The number of hydrogen-bond acceptors (Lipinski definition) is 8. The van der Waals surface area contributed by atoms with E-state index < -0.39 is 48.1 Å². The highest BCUT2D eigenvalue weighted by Crippen LogP contribution is 2.52. The van der Waals surface area contributed by atoms with Gasteiger partial charge in [0.05, 0.1) is 23.5 Å². The van der Waals surface area contributed by atoms with Gasteiger partial charge in [0.2, 0.25) is 0 Å². The van der Waals surface area contributed by atoms with Gasteiger partial charge < -0.3 is 23.8 Å². The summed E-state index contributed by atoms with van der Waals surface area (Å²) < 4.78 is 23.8. The molecule has 9 nitrogen and oxygen atoms in total. The van der Waals surface area contributed by atoms with Crippen molar-refractivity contribution in [2.75, 3.05) is 19.4 Å². The summed E-state index contributed by atoms with van der Waals surface area (Å²) in [6.07, 6.45) is -1.75. The molecule has 0 aromatic heterocycles. The SMILES string of the molecule is CC1C(=O)OC2CC3(C)OC3C(OC(=O)Nc3ccc(C(C)(C)C)cc3)C(N(C)C)C3CC(OC3=O)C21. The Labute approximate surface area is 218 Å². The Kier molecular flexibility index (Phi) is 6.30. The molecule has 2 bridgehead atoms. The molecular formula is C28H38N2O7. The molecular weight excluding hydrogens is 476 g/mol. The zero-order valence-electron chi connectivity index (χ0n) is 22.6. The van der Waals surface area contributed by atoms with Crippen molar-refractivity contribution in [3.63, 3.8) is 0 Å². The molecule has 37 heavy (non-hydrogen) atoms. The molecule has 5 rings (SSSR count). The van der Waals surface area contributed by atoms with Gasteiger partial charge in [-0.15, -0.1) is 0 Å². The quantitative estimate of drug-likeness (QED) is 0.371. The number of ether oxygens (including phenoxy) is 4. The van der Waals surface area contributed by atoms with Crippen LogP contribution in [0, 0.1) is 17.8 Å². The fourth-order valence-electron chi connectivity index (χ4n) is 6.45. The summed E-state index contributed by atoms with van der Waals surface area (Å²) in [5, 5.41) is 2.83. The molecule has 9 heteroatoms. The van der Waals surface area contributed by atoms with E-state index in [1.807, 2.05) is 57.1 Å². The van der Waals surface area contributed by atoms with E-state index in [-0.39, 0.29) is 29.2 Å². The summed E-state index contributed by atoms with van der Waals surface area (Å²) in [5.74, 6) is -1.72. The predicted octanol–water partition coefficient (Wildman–Crippen LogP) is 3.50. The number of amides is 1. The zero-order chi connectivity index (χ0) is 26.9. The highest BCUT2D eigenvalue weighted by atomic mass is 16.7. The smallest absolute Gasteiger partial charge is 0.412 e. The van der Waals surface area contributed by atoms with E-state index in [1.165, 1.54) is 0 Å². The molecule has 3 heterocycles. The minimum Gasteiger partial charge on any atom is -0.462 e. The maximum Gasteiger partial charge on any atom is 0.412 e. The standard InChI is InChI=1S/C28H38N2O7/c1-14-20-18-12-17(25(32)34-18)21(30(6)7)22(23-28(5,37-23)13-19(20)35-24(14)31)36-26(33)29-16-10-8-15(9-11-16)27(2,3)4/h8-11,14,17-23H,12-13H2,1-7H3,(H,29,33). The summed E-state index contributed by atoms with van der Waals surface area (Å²) in [4.78, 5) is 40.6. The number of nitrogens with zero attached hydrogens (tertiary/aromatic N) is 1. The Hall–Kier alpha value is -2.65. The Morgan fingerprint density at radius 1 is 1.08 bits per heavy atom. The van der Waals surface area contributed by atoms with E-state index in [0.717, 1.165) is 5.56 Å². The lowest BCUT2D eigenvalue weighted by Gasteiger charge is -2.35. The molecule has 9 unspecified atom stereocenters. The maximum absolute atomic E-state index is 13.1. The minimum atomic E-state index is -0.726. The molecule has 3 saturated heterocycles. The average Bonchev–Trinajstić information content (AvgIpc) is 3.19. The maximum atomic E-state index is 13.1. The first-order chi connectivity index (χ1) is 17.3. The molecule has 9 atom stereocenters. The van der Waals surface area contributed by atoms with Crippen molar-refractivity contribution in [1.82, 2.24) is 4.90 Å². The van der Waals surface area contributed by atoms with Gasteiger partial charge >= 0.3 is 18.0 Å². The van der Waals surface area contributed by atoms with Crippen molar-refractivity contribution in [2.45, 2.75) is 88.9 Å². The molecule has 1 aliphatic carbocycles. The monoisotopic (exact) mass is 514 g/mol. The largest absolute Gasteiger partial charge is 0.462 e. The Morgan fingerprint density at radius 2 is 1.73 bits per heavy atom. The third-order valence-corrected chi connectivity index (χ3v) is 8.56. The van der Waals surface area contributed by atoms with Gasteiger partial charge in [-0.1, -0.05) is 39.8 Å². The molecule has 1 amide bonds. The van der Waals surface area contributed by atoms with Crippen LogP contribution in [0.15, 0.2) is 24.3 Å². The molecule has 3 aliphatic heterocycles. The number of hydrogen-bond donors (Lipinski definition) is 1. The van der Waals surface area contributed by atoms with Crippen LogP contribution in [0.2, 0.25) is 0 Å². The molecule has 4 aliphatic rings. The first-order valence-corrected chi connectivity index (χ1v) is 13.1. The van der Waals surface area contributed by atoms with Gasteiger partial charge in [-0.2, -0.15) is 0 Å². The molecule has 0 radical (unpaired) electrons. The Balaban J connectivity index is 1.40. The fourth-order valence-corrected chi connectivity index (χ4v) is 6.45. The van der Waals surface area contributed by atoms with E-state index in [2.05, 4.69) is 26.1 Å². The summed E-state index contributed by atoms with van der Waals surface area (Å²) in [5.41, 5.74) is 1.12. The van der Waals surface area contributed by atoms with E-state index >= 15 is 0 Å². The second-order valence-electron chi connectivity index (χ2n) is 12.5. The molecule has 1 N–H and O–H groups in total. The second-order valence-corrected chi connectivity index (χ2v) is 12.5. The predicted molar refractivity (Wildman–Crippen MR) is 135 cm³/mol. The lowest BCUT2D eigenvalue weighted by molar-refractivity contribution is -0.149. The van der Waals surface area contributed by atoms with Crippen LogP contribution in [-0.2, 0) is 34.0 Å². The number of fused-ring (bicyclic) bond motifs is 5. The minimum absolute atomic E-state index is 0.0000150. The molecule has 0 spiro atoms. The zero-order valence-corrected chi connectivity index (χ0v) is 22.6. The van der Waals surface area contributed by atoms with Gasteiger partial charge in [-0.05, 0) is 50.6 Å². The number of likely N-dealkylation sites (N-methyl/N-ethyl adjacent to an activating group) is 1. The van der Waals surface area contributed by atoms with Gasteiger partial charge in [-0.25, -0.2) is 4.79 Å². The number of carbonyl (C=O) groups is 3. The van der Waals surface area contributed by atoms with Crippen LogP contribution in [0.1, 0.15) is 53.0 Å². The van der Waals surface area contributed by atoms with E-state index in [0.29, 0.717) is 18.5 Å². The summed E-state index contributed by atoms with van der Waals surface area (Å²) >= 11 is 0. The van der Waals surface area contributed by atoms with Crippen LogP contribution in [0.5, 0.6) is 0 Å². The van der Waals surface area contributed by atoms with Crippen molar-refractivity contribution >= 4 is 23.7 Å². The van der Waals surface area contributed by atoms with Crippen molar-refractivity contribution in [2.24, 2.45) is 17.8 Å². The normalized spacial score (nSPS) is 38.8. The van der Waals surface area contributed by atoms with E-state index in [1.54, 1.807) is 0 Å². The van der Waals surface area contributed by atoms with Gasteiger partial charge in [0, 0.05) is 18.0 Å². The number of rotatable bonds is 3. The number of anilines is 1. The van der Waals surface area contributed by atoms with Crippen molar-refractivity contribution in [1.29, 1.82) is 0 Å². The summed E-state index contributed by atoms with van der Waals surface area (Å²) in [6.45, 7) is 10.2. The van der Waals surface area contributed by atoms with Crippen LogP contribution in [0.3, 0.4) is 0 Å². The fraction of sp³-hybridized carbons (Fsp3) is 0.679. The van der Waals surface area contributed by atoms with Gasteiger partial charge in [-0.3, -0.25) is 14.9 Å². The van der Waals surface area contributed by atoms with Crippen LogP contribution in [0.25, 0.3) is 0 Å². The van der Waals surface area contributed by atoms with Crippen LogP contribution in [0.4, 0.5) is 10.5 Å². The highest BCUT2D eigenvalue weighted by Gasteiger charge is 2.66. The first kappa shape index (κ1) is 26.0. The molecule has 1 aromatic carbocycles. The number of carbonyl (C=O) groups excluding carboxylic acids is 3. The lowest BCUT2D eigenvalue weighted by atomic mass is 9.76. The van der Waals surface area contributed by atoms with Gasteiger partial charge in [0.1, 0.15) is 24.4 Å². The Bertz CT molecular complexity index is 1080. The number of nitrogens with one attached hydrogen (secondary N) is 1. The van der Waals surface area contributed by atoms with Crippen LogP contribution < -0.4 is 5.32 Å². The van der Waals surface area contributed by atoms with Gasteiger partial charge in [0.25, 0.3) is 0 Å². The summed E-state index contributed by atoms with van der Waals surface area (Å²) in [7, 11) is 3.73. The molecule has 1 saturated carbocycles. The van der Waals surface area contributed by atoms with E-state index in [9.17, 15) is 14.4 Å².